The Bertz CT molecular complexity index is 294. The highest BCUT2D eigenvalue weighted by Gasteiger charge is 2.57. The normalized spacial score (nSPS) is 31.3. The van der Waals surface area contributed by atoms with E-state index >= 15 is 0 Å². The number of hydrogen-bond donors (Lipinski definition) is 0. The Labute approximate surface area is 116 Å². The second-order valence-electron chi connectivity index (χ2n) is 7.74. The summed E-state index contributed by atoms with van der Waals surface area (Å²) in [4.78, 5) is 0. The quantitative estimate of drug-likeness (QED) is 0.723. The number of rotatable bonds is 3. The maximum absolute atomic E-state index is 6.62. The molecule has 0 N–H and O–H groups in total. The van der Waals surface area contributed by atoms with Gasteiger partial charge in [-0.3, -0.25) is 0 Å². The minimum atomic E-state index is -1.60. The monoisotopic (exact) mass is 287 g/mol. The fourth-order valence-corrected chi connectivity index (χ4v) is 17.5. The molecule has 0 saturated carbocycles. The van der Waals surface area contributed by atoms with Gasteiger partial charge in [-0.15, -0.1) is 0 Å². The lowest BCUT2D eigenvalue weighted by Crippen LogP contribution is -2.75. The van der Waals surface area contributed by atoms with Crippen LogP contribution in [-0.4, -0.2) is 37.8 Å². The SMILES string of the molecule is CC(C)N(C(C)C)[Si]1(C)CCC(C)(C)O[Si]1(C)C. The van der Waals surface area contributed by atoms with Crippen molar-refractivity contribution in [1.82, 2.24) is 4.57 Å². The second-order valence-corrected chi connectivity index (χ2v) is 21.4. The minimum Gasteiger partial charge on any atom is -0.414 e. The van der Waals surface area contributed by atoms with Crippen molar-refractivity contribution in [2.75, 3.05) is 0 Å². The molecule has 1 fully saturated rings. The molecule has 0 radical (unpaired) electrons. The van der Waals surface area contributed by atoms with E-state index in [0.717, 1.165) is 0 Å². The zero-order valence-electron chi connectivity index (χ0n) is 13.9. The van der Waals surface area contributed by atoms with Crippen LogP contribution in [0.25, 0.3) is 0 Å². The van der Waals surface area contributed by atoms with Gasteiger partial charge in [-0.1, -0.05) is 34.2 Å². The van der Waals surface area contributed by atoms with Crippen LogP contribution >= 0.6 is 0 Å². The predicted molar refractivity (Wildman–Crippen MR) is 85.8 cm³/mol. The minimum absolute atomic E-state index is 0.0991. The summed E-state index contributed by atoms with van der Waals surface area (Å²) in [6.45, 7) is 21.4. The van der Waals surface area contributed by atoms with Crippen molar-refractivity contribution >= 4 is 15.6 Å². The standard InChI is InChI=1S/C14H33NOSi2/c1-12(2)15(13(3)4)18(9)11-10-14(5,6)16-17(18,7)8/h12-13H,10-11H2,1-9H3. The molecular weight excluding hydrogens is 254 g/mol. The largest absolute Gasteiger partial charge is 0.414 e. The molecule has 0 aliphatic carbocycles. The van der Waals surface area contributed by atoms with Gasteiger partial charge in [0.15, 0.2) is 7.83 Å². The molecule has 1 heterocycles. The molecule has 0 aromatic heterocycles. The van der Waals surface area contributed by atoms with Crippen molar-refractivity contribution in [3.05, 3.63) is 0 Å². The third kappa shape index (κ3) is 2.92. The van der Waals surface area contributed by atoms with Crippen LogP contribution in [0.5, 0.6) is 0 Å². The van der Waals surface area contributed by atoms with Gasteiger partial charge in [-0.25, -0.2) is 0 Å². The van der Waals surface area contributed by atoms with E-state index in [1.54, 1.807) is 0 Å². The fraction of sp³-hybridized carbons (Fsp3) is 1.00. The van der Waals surface area contributed by atoms with E-state index in [4.69, 9.17) is 4.43 Å². The van der Waals surface area contributed by atoms with Crippen molar-refractivity contribution < 1.29 is 4.43 Å². The lowest BCUT2D eigenvalue weighted by atomic mass is 10.1. The zero-order valence-corrected chi connectivity index (χ0v) is 15.9. The van der Waals surface area contributed by atoms with Crippen LogP contribution in [0.2, 0.25) is 25.7 Å². The van der Waals surface area contributed by atoms with Crippen LogP contribution in [0, 0.1) is 0 Å². The van der Waals surface area contributed by atoms with Crippen molar-refractivity contribution in [2.24, 2.45) is 0 Å². The summed E-state index contributed by atoms with van der Waals surface area (Å²) in [6, 6.07) is 2.67. The number of hydrogen-bond acceptors (Lipinski definition) is 2. The van der Waals surface area contributed by atoms with Gasteiger partial charge in [-0.05, 0) is 51.5 Å². The third-order valence-corrected chi connectivity index (χ3v) is 21.4. The summed E-state index contributed by atoms with van der Waals surface area (Å²) in [5, 5.41) is 0. The van der Waals surface area contributed by atoms with Gasteiger partial charge < -0.3 is 8.99 Å². The molecule has 1 unspecified atom stereocenters. The van der Waals surface area contributed by atoms with Gasteiger partial charge in [0.25, 0.3) is 0 Å². The Hall–Kier alpha value is 0.354. The molecule has 1 aliphatic rings. The van der Waals surface area contributed by atoms with Gasteiger partial charge in [0.1, 0.15) is 7.75 Å². The van der Waals surface area contributed by atoms with Crippen molar-refractivity contribution in [1.29, 1.82) is 0 Å². The maximum Gasteiger partial charge on any atom is 0.192 e. The highest BCUT2D eigenvalue weighted by molar-refractivity contribution is 7.37. The highest BCUT2D eigenvalue weighted by atomic mass is 29.3. The van der Waals surface area contributed by atoms with Crippen LogP contribution in [0.3, 0.4) is 0 Å². The van der Waals surface area contributed by atoms with Crippen LogP contribution in [0.15, 0.2) is 0 Å². The molecule has 1 rings (SSSR count). The van der Waals surface area contributed by atoms with Crippen LogP contribution in [0.1, 0.15) is 48.0 Å². The molecule has 1 aliphatic heterocycles. The maximum atomic E-state index is 6.62. The summed E-state index contributed by atoms with van der Waals surface area (Å²) in [6.07, 6.45) is 1.22. The number of nitrogens with zero attached hydrogens (tertiary/aromatic N) is 1. The first-order valence-electron chi connectivity index (χ1n) is 7.41. The van der Waals surface area contributed by atoms with Crippen molar-refractivity contribution in [3.8, 4) is 0 Å². The van der Waals surface area contributed by atoms with Crippen LogP contribution in [-0.2, 0) is 4.43 Å². The molecule has 0 amide bonds. The van der Waals surface area contributed by atoms with E-state index < -0.39 is 15.6 Å². The zero-order chi connectivity index (χ0) is 14.4. The highest BCUT2D eigenvalue weighted by Crippen LogP contribution is 2.41. The lowest BCUT2D eigenvalue weighted by molar-refractivity contribution is 0.0880. The van der Waals surface area contributed by atoms with E-state index in [9.17, 15) is 0 Å². The molecular formula is C14H33NOSi2. The van der Waals surface area contributed by atoms with Gasteiger partial charge >= 0.3 is 0 Å². The Morgan fingerprint density at radius 2 is 1.44 bits per heavy atom. The Morgan fingerprint density at radius 3 is 1.78 bits per heavy atom. The molecule has 0 aromatic rings. The van der Waals surface area contributed by atoms with E-state index in [1.165, 1.54) is 12.5 Å². The smallest absolute Gasteiger partial charge is 0.192 e. The average molecular weight is 288 g/mol. The predicted octanol–water partition coefficient (Wildman–Crippen LogP) is 4.16. The Balaban J connectivity index is 3.11. The average Bonchev–Trinajstić information content (AvgIpc) is 2.09. The molecule has 108 valence electrons. The Morgan fingerprint density at radius 1 is 1.00 bits per heavy atom. The molecule has 1 saturated heterocycles. The Kier molecular flexibility index (Phi) is 4.59. The van der Waals surface area contributed by atoms with Gasteiger partial charge in [0.05, 0.1) is 5.60 Å². The van der Waals surface area contributed by atoms with E-state index in [0.29, 0.717) is 12.1 Å². The summed E-state index contributed by atoms with van der Waals surface area (Å²) in [7, 11) is -3.06. The molecule has 2 nitrogen and oxygen atoms in total. The molecule has 0 bridgehead atoms. The van der Waals surface area contributed by atoms with E-state index in [-0.39, 0.29) is 5.60 Å². The van der Waals surface area contributed by atoms with Gasteiger partial charge in [0.2, 0.25) is 0 Å². The third-order valence-electron chi connectivity index (χ3n) is 4.72. The van der Waals surface area contributed by atoms with E-state index in [2.05, 4.69) is 65.7 Å². The van der Waals surface area contributed by atoms with Crippen LogP contribution in [0.4, 0.5) is 0 Å². The van der Waals surface area contributed by atoms with Gasteiger partial charge in [-0.2, -0.15) is 0 Å². The second kappa shape index (κ2) is 5.04. The summed E-state index contributed by atoms with van der Waals surface area (Å²) >= 11 is 0. The van der Waals surface area contributed by atoms with E-state index in [1.807, 2.05) is 0 Å². The van der Waals surface area contributed by atoms with Gasteiger partial charge in [0, 0.05) is 0 Å². The first kappa shape index (κ1) is 16.4. The first-order chi connectivity index (χ1) is 7.93. The van der Waals surface area contributed by atoms with Crippen LogP contribution < -0.4 is 0 Å². The molecule has 4 heteroatoms. The van der Waals surface area contributed by atoms with Crippen molar-refractivity contribution in [3.63, 3.8) is 0 Å². The molecule has 0 spiro atoms. The summed E-state index contributed by atoms with van der Waals surface area (Å²) in [5.41, 5.74) is 0.0991. The molecule has 0 aromatic carbocycles. The summed E-state index contributed by atoms with van der Waals surface area (Å²) in [5.74, 6) is 0. The first-order valence-corrected chi connectivity index (χ1v) is 14.0. The lowest BCUT2D eigenvalue weighted by Gasteiger charge is -2.57. The molecule has 18 heavy (non-hydrogen) atoms. The molecule has 1 atom stereocenters. The van der Waals surface area contributed by atoms with Crippen molar-refractivity contribution in [2.45, 2.75) is 91.3 Å². The summed E-state index contributed by atoms with van der Waals surface area (Å²) < 4.78 is 9.44. The fourth-order valence-electron chi connectivity index (χ4n) is 3.87. The topological polar surface area (TPSA) is 12.5 Å².